The Hall–Kier alpha value is -2.40. The molecule has 194 valence electrons. The van der Waals surface area contributed by atoms with Crippen LogP contribution in [0.1, 0.15) is 0 Å². The van der Waals surface area contributed by atoms with Crippen molar-refractivity contribution in [1.29, 1.82) is 0 Å². The van der Waals surface area contributed by atoms with Crippen molar-refractivity contribution in [3.05, 3.63) is 53.1 Å². The lowest BCUT2D eigenvalue weighted by molar-refractivity contribution is -0.129. The Kier molecular flexibility index (Phi) is 9.52. The standard InChI is InChI=1S/C19H23ClF2N4O7S2/c1-24(2)35(31,32)25(3)8-9-26(12-18(27)23-28)34(29,30)15-10-16(21)19(17(22)11-15)33-14-6-4-13(20)5-7-14/h4-7,10-11,28H,8-9,12H2,1-3H3,(H,23,27). The molecule has 0 saturated heterocycles. The van der Waals surface area contributed by atoms with Gasteiger partial charge in [-0.25, -0.2) is 22.7 Å². The Balaban J connectivity index is 2.37. The van der Waals surface area contributed by atoms with E-state index in [0.717, 1.165) is 8.61 Å². The second-order valence-corrected chi connectivity index (χ2v) is 11.9. The van der Waals surface area contributed by atoms with Crippen LogP contribution in [0.3, 0.4) is 0 Å². The van der Waals surface area contributed by atoms with Crippen molar-refractivity contribution in [3.8, 4) is 11.5 Å². The molecule has 0 heterocycles. The van der Waals surface area contributed by atoms with Crippen molar-refractivity contribution in [2.75, 3.05) is 40.8 Å². The number of carbonyl (C=O) groups is 1. The van der Waals surface area contributed by atoms with Gasteiger partial charge in [0.2, 0.25) is 10.0 Å². The molecule has 2 rings (SSSR count). The number of hydroxylamine groups is 1. The van der Waals surface area contributed by atoms with E-state index in [1.54, 1.807) is 0 Å². The highest BCUT2D eigenvalue weighted by Crippen LogP contribution is 2.31. The summed E-state index contributed by atoms with van der Waals surface area (Å²) in [5, 5.41) is 9.16. The number of benzene rings is 2. The molecule has 0 spiro atoms. The van der Waals surface area contributed by atoms with E-state index in [1.807, 2.05) is 0 Å². The van der Waals surface area contributed by atoms with Gasteiger partial charge < -0.3 is 4.74 Å². The molecule has 0 fully saturated rings. The zero-order chi connectivity index (χ0) is 26.6. The summed E-state index contributed by atoms with van der Waals surface area (Å²) in [5.41, 5.74) is 1.26. The molecule has 0 unspecified atom stereocenters. The minimum Gasteiger partial charge on any atom is -0.451 e. The molecule has 2 N–H and O–H groups in total. The predicted molar refractivity (Wildman–Crippen MR) is 122 cm³/mol. The Morgan fingerprint density at radius 1 is 1.03 bits per heavy atom. The van der Waals surface area contributed by atoms with Gasteiger partial charge in [0.1, 0.15) is 5.75 Å². The Morgan fingerprint density at radius 2 is 1.57 bits per heavy atom. The number of nitrogens with one attached hydrogen (secondary N) is 1. The average molecular weight is 557 g/mol. The highest BCUT2D eigenvalue weighted by molar-refractivity contribution is 7.89. The van der Waals surface area contributed by atoms with Crippen LogP contribution in [0.25, 0.3) is 0 Å². The summed E-state index contributed by atoms with van der Waals surface area (Å²) in [6.45, 7) is -1.95. The first-order valence-corrected chi connectivity index (χ1v) is 12.9. The van der Waals surface area contributed by atoms with Crippen molar-refractivity contribution < 1.29 is 40.4 Å². The highest BCUT2D eigenvalue weighted by Gasteiger charge is 2.31. The fraction of sp³-hybridized carbons (Fsp3) is 0.316. The second kappa shape index (κ2) is 11.6. The number of amides is 1. The van der Waals surface area contributed by atoms with Crippen molar-refractivity contribution in [1.82, 2.24) is 18.4 Å². The minimum atomic E-state index is -4.73. The van der Waals surface area contributed by atoms with Crippen LogP contribution in [0.15, 0.2) is 41.3 Å². The lowest BCUT2D eigenvalue weighted by atomic mass is 10.3. The third kappa shape index (κ3) is 7.07. The summed E-state index contributed by atoms with van der Waals surface area (Å²) in [4.78, 5) is 10.8. The van der Waals surface area contributed by atoms with Gasteiger partial charge in [-0.3, -0.25) is 10.0 Å². The molecule has 16 heteroatoms. The molecule has 2 aromatic rings. The maximum Gasteiger partial charge on any atom is 0.281 e. The molecule has 0 saturated carbocycles. The zero-order valence-electron chi connectivity index (χ0n) is 18.8. The van der Waals surface area contributed by atoms with Gasteiger partial charge in [0, 0.05) is 39.3 Å². The molecule has 0 aliphatic heterocycles. The van der Waals surface area contributed by atoms with Crippen LogP contribution < -0.4 is 10.2 Å². The smallest absolute Gasteiger partial charge is 0.281 e. The van der Waals surface area contributed by atoms with Crippen LogP contribution in [0.5, 0.6) is 11.5 Å². The first kappa shape index (κ1) is 28.8. The number of nitrogens with zero attached hydrogens (tertiary/aromatic N) is 3. The molecular weight excluding hydrogens is 534 g/mol. The molecule has 0 bridgehead atoms. The van der Waals surface area contributed by atoms with Gasteiger partial charge >= 0.3 is 0 Å². The summed E-state index contributed by atoms with van der Waals surface area (Å²) in [7, 11) is -4.95. The van der Waals surface area contributed by atoms with E-state index in [1.165, 1.54) is 50.9 Å². The van der Waals surface area contributed by atoms with Crippen molar-refractivity contribution >= 4 is 37.7 Å². The maximum absolute atomic E-state index is 14.7. The van der Waals surface area contributed by atoms with Crippen LogP contribution in [-0.4, -0.2) is 81.6 Å². The third-order valence-electron chi connectivity index (χ3n) is 4.61. The van der Waals surface area contributed by atoms with E-state index in [0.29, 0.717) is 21.5 Å². The molecule has 0 aliphatic carbocycles. The van der Waals surface area contributed by atoms with Crippen LogP contribution in [0, 0.1) is 11.6 Å². The molecule has 0 atom stereocenters. The molecule has 0 radical (unpaired) electrons. The molecule has 0 aliphatic rings. The lowest BCUT2D eigenvalue weighted by Gasteiger charge is -2.26. The normalized spacial score (nSPS) is 12.4. The number of hydrogen-bond acceptors (Lipinski definition) is 7. The van der Waals surface area contributed by atoms with Gasteiger partial charge in [0.15, 0.2) is 17.4 Å². The lowest BCUT2D eigenvalue weighted by Crippen LogP contribution is -2.46. The molecule has 2 aromatic carbocycles. The van der Waals surface area contributed by atoms with E-state index >= 15 is 0 Å². The van der Waals surface area contributed by atoms with Crippen LogP contribution in [-0.2, 0) is 25.0 Å². The topological polar surface area (TPSA) is 137 Å². The summed E-state index contributed by atoms with van der Waals surface area (Å²) < 4.78 is 87.2. The summed E-state index contributed by atoms with van der Waals surface area (Å²) in [5.74, 6) is -4.69. The van der Waals surface area contributed by atoms with Crippen LogP contribution in [0.4, 0.5) is 8.78 Å². The van der Waals surface area contributed by atoms with E-state index in [-0.39, 0.29) is 5.75 Å². The summed E-state index contributed by atoms with van der Waals surface area (Å²) in [6, 6.07) is 6.52. The van der Waals surface area contributed by atoms with E-state index in [2.05, 4.69) is 0 Å². The third-order valence-corrected chi connectivity index (χ3v) is 8.58. The quantitative estimate of drug-likeness (QED) is 0.317. The highest BCUT2D eigenvalue weighted by atomic mass is 35.5. The largest absolute Gasteiger partial charge is 0.451 e. The predicted octanol–water partition coefficient (Wildman–Crippen LogP) is 1.64. The molecular formula is C19H23ClF2N4O7S2. The maximum atomic E-state index is 14.7. The number of carbonyl (C=O) groups excluding carboxylic acids is 1. The number of ether oxygens (including phenoxy) is 1. The first-order valence-electron chi connectivity index (χ1n) is 9.69. The number of likely N-dealkylation sites (N-methyl/N-ethyl adjacent to an activating group) is 1. The van der Waals surface area contributed by atoms with E-state index in [9.17, 15) is 30.4 Å². The van der Waals surface area contributed by atoms with E-state index < -0.39 is 68.1 Å². The zero-order valence-corrected chi connectivity index (χ0v) is 21.2. The first-order chi connectivity index (χ1) is 16.2. The Morgan fingerprint density at radius 3 is 2.06 bits per heavy atom. The number of sulfonamides is 1. The number of halogens is 3. The average Bonchev–Trinajstić information content (AvgIpc) is 2.79. The van der Waals surface area contributed by atoms with Crippen LogP contribution in [0.2, 0.25) is 5.02 Å². The van der Waals surface area contributed by atoms with Gasteiger partial charge in [0.25, 0.3) is 16.1 Å². The van der Waals surface area contributed by atoms with Gasteiger partial charge in [-0.2, -0.15) is 21.3 Å². The van der Waals surface area contributed by atoms with Crippen LogP contribution >= 0.6 is 11.6 Å². The van der Waals surface area contributed by atoms with Crippen molar-refractivity contribution in [2.45, 2.75) is 4.90 Å². The minimum absolute atomic E-state index is 0.0363. The van der Waals surface area contributed by atoms with Gasteiger partial charge in [0.05, 0.1) is 11.4 Å². The molecule has 1 amide bonds. The molecule has 0 aromatic heterocycles. The van der Waals surface area contributed by atoms with Gasteiger partial charge in [-0.1, -0.05) is 11.6 Å². The van der Waals surface area contributed by atoms with Gasteiger partial charge in [-0.15, -0.1) is 0 Å². The summed E-state index contributed by atoms with van der Waals surface area (Å²) in [6.07, 6.45) is 0. The second-order valence-electron chi connectivity index (χ2n) is 7.26. The SMILES string of the molecule is CN(C)S(=O)(=O)N(C)CCN(CC(=O)NO)S(=O)(=O)c1cc(F)c(Oc2ccc(Cl)cc2)c(F)c1. The number of hydrogen-bond donors (Lipinski definition) is 2. The van der Waals surface area contributed by atoms with Gasteiger partial charge in [-0.05, 0) is 36.4 Å². The Labute approximate surface area is 206 Å². The van der Waals surface area contributed by atoms with Crippen molar-refractivity contribution in [2.24, 2.45) is 0 Å². The fourth-order valence-corrected chi connectivity index (χ4v) is 5.09. The fourth-order valence-electron chi connectivity index (χ4n) is 2.68. The van der Waals surface area contributed by atoms with E-state index in [4.69, 9.17) is 21.5 Å². The summed E-state index contributed by atoms with van der Waals surface area (Å²) >= 11 is 5.75. The Bertz CT molecular complexity index is 1250. The molecule has 11 nitrogen and oxygen atoms in total. The number of rotatable bonds is 11. The molecule has 35 heavy (non-hydrogen) atoms. The van der Waals surface area contributed by atoms with Crippen molar-refractivity contribution in [3.63, 3.8) is 0 Å². The monoisotopic (exact) mass is 556 g/mol.